The van der Waals surface area contributed by atoms with Crippen LogP contribution in [-0.4, -0.2) is 6.61 Å². The number of ether oxygens (including phenoxy) is 1. The molecule has 2 nitrogen and oxygen atoms in total. The fraction of sp³-hybridized carbons (Fsp3) is 0.400. The zero-order chi connectivity index (χ0) is 10.1. The van der Waals surface area contributed by atoms with Crippen LogP contribution in [0.2, 0.25) is 0 Å². The fourth-order valence-electron chi connectivity index (χ4n) is 1.66. The lowest BCUT2D eigenvalue weighted by molar-refractivity contribution is 0.313. The van der Waals surface area contributed by atoms with E-state index in [-0.39, 0.29) is 11.9 Å². The fourth-order valence-corrected chi connectivity index (χ4v) is 2.12. The summed E-state index contributed by atoms with van der Waals surface area (Å²) in [6, 6.07) is 2.80. The van der Waals surface area contributed by atoms with Gasteiger partial charge < -0.3 is 10.5 Å². The van der Waals surface area contributed by atoms with Crippen LogP contribution in [0, 0.1) is 5.82 Å². The van der Waals surface area contributed by atoms with Gasteiger partial charge >= 0.3 is 0 Å². The molecule has 0 aromatic heterocycles. The van der Waals surface area contributed by atoms with Gasteiger partial charge in [0, 0.05) is 11.6 Å². The normalized spacial score (nSPS) is 20.9. The van der Waals surface area contributed by atoms with Gasteiger partial charge in [0.25, 0.3) is 0 Å². The van der Waals surface area contributed by atoms with E-state index in [0.29, 0.717) is 17.9 Å². The first-order valence-corrected chi connectivity index (χ1v) is 5.35. The predicted octanol–water partition coefficient (Wildman–Crippen LogP) is 2.76. The van der Waals surface area contributed by atoms with Gasteiger partial charge in [0.15, 0.2) is 0 Å². The quantitative estimate of drug-likeness (QED) is 0.778. The largest absolute Gasteiger partial charge is 0.492 e. The molecule has 76 valence electrons. The minimum Gasteiger partial charge on any atom is -0.492 e. The Morgan fingerprint density at radius 1 is 1.50 bits per heavy atom. The molecule has 0 fully saturated rings. The van der Waals surface area contributed by atoms with Crippen LogP contribution in [0.5, 0.6) is 5.75 Å². The third-order valence-corrected chi connectivity index (χ3v) is 3.00. The second-order valence-electron chi connectivity index (χ2n) is 3.37. The van der Waals surface area contributed by atoms with E-state index in [9.17, 15) is 4.39 Å². The Labute approximate surface area is 90.4 Å². The first kappa shape index (κ1) is 9.93. The molecule has 0 radical (unpaired) electrons. The van der Waals surface area contributed by atoms with Gasteiger partial charge in [-0.15, -0.1) is 0 Å². The number of nitrogens with two attached hydrogens (primary N) is 1. The lowest BCUT2D eigenvalue weighted by atomic mass is 10.0. The molecule has 1 unspecified atom stereocenters. The number of fused-ring (bicyclic) bond motifs is 1. The monoisotopic (exact) mass is 259 g/mol. The summed E-state index contributed by atoms with van der Waals surface area (Å²) < 4.78 is 19.7. The molecule has 1 heterocycles. The Balaban J connectivity index is 2.57. The summed E-state index contributed by atoms with van der Waals surface area (Å²) in [4.78, 5) is 0. The zero-order valence-corrected chi connectivity index (χ0v) is 9.18. The van der Waals surface area contributed by atoms with Gasteiger partial charge in [-0.1, -0.05) is 0 Å². The van der Waals surface area contributed by atoms with Crippen molar-refractivity contribution in [1.82, 2.24) is 0 Å². The molecule has 1 aliphatic rings. The highest BCUT2D eigenvalue weighted by Crippen LogP contribution is 2.37. The summed E-state index contributed by atoms with van der Waals surface area (Å²) in [5, 5.41) is 0. The number of hydrogen-bond donors (Lipinski definition) is 1. The zero-order valence-electron chi connectivity index (χ0n) is 7.59. The van der Waals surface area contributed by atoms with Crippen LogP contribution in [0.1, 0.15) is 24.4 Å². The van der Waals surface area contributed by atoms with Crippen molar-refractivity contribution in [3.63, 3.8) is 0 Å². The predicted molar refractivity (Wildman–Crippen MR) is 55.8 cm³/mol. The van der Waals surface area contributed by atoms with Crippen molar-refractivity contribution in [2.24, 2.45) is 5.73 Å². The Morgan fingerprint density at radius 3 is 3.07 bits per heavy atom. The van der Waals surface area contributed by atoms with Crippen LogP contribution in [0.4, 0.5) is 4.39 Å². The summed E-state index contributed by atoms with van der Waals surface area (Å²) in [5.74, 6) is 0.285. The molecule has 0 bridgehead atoms. The van der Waals surface area contributed by atoms with E-state index in [2.05, 4.69) is 15.9 Å². The molecule has 0 amide bonds. The number of hydrogen-bond acceptors (Lipinski definition) is 2. The topological polar surface area (TPSA) is 35.2 Å². The van der Waals surface area contributed by atoms with E-state index in [0.717, 1.165) is 17.3 Å². The molecule has 0 saturated heterocycles. The van der Waals surface area contributed by atoms with Crippen LogP contribution in [0.15, 0.2) is 16.6 Å². The van der Waals surface area contributed by atoms with E-state index < -0.39 is 0 Å². The summed E-state index contributed by atoms with van der Waals surface area (Å²) in [6.07, 6.45) is 1.63. The Kier molecular flexibility index (Phi) is 2.74. The smallest absolute Gasteiger partial charge is 0.141 e. The molecule has 0 spiro atoms. The maximum Gasteiger partial charge on any atom is 0.141 e. The van der Waals surface area contributed by atoms with Crippen LogP contribution in [0.3, 0.4) is 0 Å². The summed E-state index contributed by atoms with van der Waals surface area (Å²) >= 11 is 3.33. The molecule has 4 heteroatoms. The summed E-state index contributed by atoms with van der Waals surface area (Å²) in [6.45, 7) is 0.600. The molecule has 0 aliphatic carbocycles. The molecule has 14 heavy (non-hydrogen) atoms. The summed E-state index contributed by atoms with van der Waals surface area (Å²) in [5.41, 5.74) is 6.37. The second kappa shape index (κ2) is 3.87. The van der Waals surface area contributed by atoms with Gasteiger partial charge in [-0.05, 0) is 40.9 Å². The molecular weight excluding hydrogens is 249 g/mol. The highest BCUT2D eigenvalue weighted by atomic mass is 79.9. The Hall–Kier alpha value is -0.610. The van der Waals surface area contributed by atoms with E-state index in [4.69, 9.17) is 10.5 Å². The molecule has 1 aromatic rings. The van der Waals surface area contributed by atoms with Crippen LogP contribution in [0.25, 0.3) is 0 Å². The van der Waals surface area contributed by atoms with E-state index in [1.54, 1.807) is 6.07 Å². The molecule has 1 aromatic carbocycles. The lowest BCUT2D eigenvalue weighted by Crippen LogP contribution is -2.11. The van der Waals surface area contributed by atoms with Gasteiger partial charge in [-0.2, -0.15) is 0 Å². The second-order valence-corrected chi connectivity index (χ2v) is 4.22. The standard InChI is InChI=1S/C10H11BrFNO/c11-6-3-4-7(12)9-8(13)2-1-5-14-10(6)9/h3-4,8H,1-2,5,13H2. The van der Waals surface area contributed by atoms with Crippen molar-refractivity contribution in [2.45, 2.75) is 18.9 Å². The van der Waals surface area contributed by atoms with Gasteiger partial charge in [-0.25, -0.2) is 4.39 Å². The Morgan fingerprint density at radius 2 is 2.29 bits per heavy atom. The van der Waals surface area contributed by atoms with Crippen molar-refractivity contribution in [2.75, 3.05) is 6.61 Å². The maximum absolute atomic E-state index is 13.5. The third kappa shape index (κ3) is 1.64. The first-order chi connectivity index (χ1) is 6.70. The molecular formula is C10H11BrFNO. The average Bonchev–Trinajstić information content (AvgIpc) is 2.35. The highest BCUT2D eigenvalue weighted by Gasteiger charge is 2.22. The average molecular weight is 260 g/mol. The van der Waals surface area contributed by atoms with Crippen molar-refractivity contribution in [1.29, 1.82) is 0 Å². The number of benzene rings is 1. The number of halogens is 2. The van der Waals surface area contributed by atoms with E-state index >= 15 is 0 Å². The third-order valence-electron chi connectivity index (χ3n) is 2.37. The molecule has 2 N–H and O–H groups in total. The first-order valence-electron chi connectivity index (χ1n) is 4.56. The molecule has 1 atom stereocenters. The van der Waals surface area contributed by atoms with Crippen molar-refractivity contribution < 1.29 is 9.13 Å². The van der Waals surface area contributed by atoms with Gasteiger partial charge in [0.2, 0.25) is 0 Å². The lowest BCUT2D eigenvalue weighted by Gasteiger charge is -2.13. The van der Waals surface area contributed by atoms with Crippen molar-refractivity contribution >= 4 is 15.9 Å². The van der Waals surface area contributed by atoms with Gasteiger partial charge in [0.05, 0.1) is 11.1 Å². The minimum absolute atomic E-state index is 0.259. The molecule has 1 aliphatic heterocycles. The van der Waals surface area contributed by atoms with Crippen LogP contribution in [-0.2, 0) is 0 Å². The Bertz CT molecular complexity index is 356. The minimum atomic E-state index is -0.280. The van der Waals surface area contributed by atoms with E-state index in [1.165, 1.54) is 6.07 Å². The van der Waals surface area contributed by atoms with Crippen molar-refractivity contribution in [3.8, 4) is 5.75 Å². The molecule has 0 saturated carbocycles. The van der Waals surface area contributed by atoms with Crippen LogP contribution >= 0.6 is 15.9 Å². The van der Waals surface area contributed by atoms with Crippen LogP contribution < -0.4 is 10.5 Å². The molecule has 2 rings (SSSR count). The SMILES string of the molecule is NC1CCCOc2c(Br)ccc(F)c21. The highest BCUT2D eigenvalue weighted by molar-refractivity contribution is 9.10. The van der Waals surface area contributed by atoms with Crippen molar-refractivity contribution in [3.05, 3.63) is 28.0 Å². The van der Waals surface area contributed by atoms with Gasteiger partial charge in [0.1, 0.15) is 11.6 Å². The van der Waals surface area contributed by atoms with Gasteiger partial charge in [-0.3, -0.25) is 0 Å². The number of rotatable bonds is 0. The maximum atomic E-state index is 13.5. The van der Waals surface area contributed by atoms with E-state index in [1.807, 2.05) is 0 Å². The summed E-state index contributed by atoms with van der Waals surface area (Å²) in [7, 11) is 0.